The minimum Gasteiger partial charge on any atom is -0.462 e. The maximum absolute atomic E-state index is 12.9. The van der Waals surface area contributed by atoms with E-state index >= 15 is 0 Å². The topological polar surface area (TPSA) is 78.9 Å². The van der Waals surface area contributed by atoms with Crippen molar-refractivity contribution in [3.63, 3.8) is 0 Å². The first-order valence-corrected chi connectivity index (χ1v) is 30.2. The number of hydrogen-bond donors (Lipinski definition) is 0. The van der Waals surface area contributed by atoms with Crippen molar-refractivity contribution in [2.75, 3.05) is 13.2 Å². The van der Waals surface area contributed by atoms with Crippen LogP contribution in [0.1, 0.15) is 284 Å². The summed E-state index contributed by atoms with van der Waals surface area (Å²) in [5, 5.41) is 0. The van der Waals surface area contributed by atoms with Gasteiger partial charge in [-0.2, -0.15) is 0 Å². The summed E-state index contributed by atoms with van der Waals surface area (Å²) in [4.78, 5) is 38.2. The summed E-state index contributed by atoms with van der Waals surface area (Å²) >= 11 is 0. The average molecular weight is 1000 g/mol. The Labute approximate surface area is 445 Å². The normalized spacial score (nSPS) is 12.8. The van der Waals surface area contributed by atoms with Crippen molar-refractivity contribution in [1.82, 2.24) is 0 Å². The molecule has 0 spiro atoms. The molecule has 0 aliphatic rings. The van der Waals surface area contributed by atoms with Gasteiger partial charge < -0.3 is 14.2 Å². The van der Waals surface area contributed by atoms with Gasteiger partial charge in [-0.3, -0.25) is 14.4 Å². The molecule has 412 valence electrons. The highest BCUT2D eigenvalue weighted by atomic mass is 16.6. The third-order valence-electron chi connectivity index (χ3n) is 12.8. The van der Waals surface area contributed by atoms with Crippen LogP contribution in [0.15, 0.2) is 97.2 Å². The molecule has 0 amide bonds. The molecule has 0 heterocycles. The van der Waals surface area contributed by atoms with Crippen molar-refractivity contribution < 1.29 is 28.6 Å². The molecule has 0 bridgehead atoms. The highest BCUT2D eigenvalue weighted by molar-refractivity contribution is 5.71. The lowest BCUT2D eigenvalue weighted by Gasteiger charge is -2.18. The van der Waals surface area contributed by atoms with Crippen molar-refractivity contribution in [3.8, 4) is 0 Å². The predicted molar refractivity (Wildman–Crippen MR) is 311 cm³/mol. The van der Waals surface area contributed by atoms with E-state index in [1.165, 1.54) is 103 Å². The van der Waals surface area contributed by atoms with Gasteiger partial charge in [-0.05, 0) is 96.3 Å². The molecule has 0 radical (unpaired) electrons. The van der Waals surface area contributed by atoms with Crippen molar-refractivity contribution in [2.24, 2.45) is 0 Å². The van der Waals surface area contributed by atoms with Gasteiger partial charge in [0.15, 0.2) is 6.10 Å². The lowest BCUT2D eigenvalue weighted by atomic mass is 10.0. The van der Waals surface area contributed by atoms with E-state index in [1.807, 2.05) is 0 Å². The second kappa shape index (κ2) is 59.9. The molecular weight excluding hydrogens is 889 g/mol. The first kappa shape index (κ1) is 68.3. The Morgan fingerprint density at radius 2 is 0.569 bits per heavy atom. The van der Waals surface area contributed by atoms with Crippen molar-refractivity contribution >= 4 is 17.9 Å². The van der Waals surface area contributed by atoms with Crippen molar-refractivity contribution in [3.05, 3.63) is 97.2 Å². The summed E-state index contributed by atoms with van der Waals surface area (Å²) in [5.41, 5.74) is 0. The number of carbonyl (C=O) groups is 3. The molecule has 0 fully saturated rings. The lowest BCUT2D eigenvalue weighted by Crippen LogP contribution is -2.30. The number of carbonyl (C=O) groups excluding carboxylic acids is 3. The molecule has 0 aliphatic heterocycles. The highest BCUT2D eigenvalue weighted by Crippen LogP contribution is 2.16. The van der Waals surface area contributed by atoms with Crippen LogP contribution in [-0.4, -0.2) is 37.2 Å². The fourth-order valence-electron chi connectivity index (χ4n) is 8.31. The number of allylic oxidation sites excluding steroid dienone is 16. The zero-order chi connectivity index (χ0) is 52.2. The molecule has 1 unspecified atom stereocenters. The van der Waals surface area contributed by atoms with Gasteiger partial charge >= 0.3 is 17.9 Å². The first-order chi connectivity index (χ1) is 35.5. The monoisotopic (exact) mass is 1000 g/mol. The number of ether oxygens (including phenoxy) is 3. The second-order valence-corrected chi connectivity index (χ2v) is 19.9. The largest absolute Gasteiger partial charge is 0.462 e. The predicted octanol–water partition coefficient (Wildman–Crippen LogP) is 20.5. The number of hydrogen-bond acceptors (Lipinski definition) is 6. The van der Waals surface area contributed by atoms with Gasteiger partial charge in [-0.25, -0.2) is 0 Å². The Morgan fingerprint density at radius 3 is 0.903 bits per heavy atom. The van der Waals surface area contributed by atoms with Crippen LogP contribution >= 0.6 is 0 Å². The van der Waals surface area contributed by atoms with Gasteiger partial charge in [0.05, 0.1) is 0 Å². The van der Waals surface area contributed by atoms with Crippen LogP contribution in [0.4, 0.5) is 0 Å². The zero-order valence-electron chi connectivity index (χ0n) is 47.2. The molecule has 0 aliphatic carbocycles. The molecule has 1 atom stereocenters. The van der Waals surface area contributed by atoms with E-state index in [1.54, 1.807) is 0 Å². The van der Waals surface area contributed by atoms with Crippen LogP contribution in [0.3, 0.4) is 0 Å². The smallest absolute Gasteiger partial charge is 0.306 e. The van der Waals surface area contributed by atoms with E-state index in [2.05, 4.69) is 118 Å². The fourth-order valence-corrected chi connectivity index (χ4v) is 8.31. The maximum Gasteiger partial charge on any atom is 0.306 e. The molecule has 72 heavy (non-hydrogen) atoms. The fraction of sp³-hybridized carbons (Fsp3) is 0.712. The van der Waals surface area contributed by atoms with Gasteiger partial charge in [-0.1, -0.05) is 266 Å². The lowest BCUT2D eigenvalue weighted by molar-refractivity contribution is -0.167. The molecule has 0 saturated heterocycles. The molecular formula is C66H112O6. The summed E-state index contributed by atoms with van der Waals surface area (Å²) in [6.07, 6.45) is 79.7. The molecule has 6 nitrogen and oxygen atoms in total. The van der Waals surface area contributed by atoms with E-state index < -0.39 is 6.10 Å². The zero-order valence-corrected chi connectivity index (χ0v) is 47.2. The van der Waals surface area contributed by atoms with E-state index in [9.17, 15) is 14.4 Å². The van der Waals surface area contributed by atoms with Gasteiger partial charge in [0, 0.05) is 19.3 Å². The van der Waals surface area contributed by atoms with Gasteiger partial charge in [0.25, 0.3) is 0 Å². The van der Waals surface area contributed by atoms with E-state index in [4.69, 9.17) is 14.2 Å². The third-order valence-corrected chi connectivity index (χ3v) is 12.8. The van der Waals surface area contributed by atoms with E-state index in [0.29, 0.717) is 19.3 Å². The average Bonchev–Trinajstić information content (AvgIpc) is 3.38. The van der Waals surface area contributed by atoms with Gasteiger partial charge in [0.2, 0.25) is 0 Å². The summed E-state index contributed by atoms with van der Waals surface area (Å²) in [7, 11) is 0. The summed E-state index contributed by atoms with van der Waals surface area (Å²) < 4.78 is 16.9. The summed E-state index contributed by atoms with van der Waals surface area (Å²) in [6.45, 7) is 6.46. The Balaban J connectivity index is 4.36. The summed E-state index contributed by atoms with van der Waals surface area (Å²) in [5.74, 6) is -0.908. The molecule has 6 heteroatoms. The second-order valence-electron chi connectivity index (χ2n) is 19.9. The van der Waals surface area contributed by atoms with Crippen LogP contribution in [0.2, 0.25) is 0 Å². The van der Waals surface area contributed by atoms with E-state index in [-0.39, 0.29) is 31.1 Å². The SMILES string of the molecule is CC/C=C\C/C=C\C/C=C\C/C=C\C/C=C\C/C=C\CCCCCCCCC(=O)OCC(COC(=O)CCCCCCC/C=C\C/C=C\CCC)OC(=O)CCCCCCCCCCCCCCCCCC. The van der Waals surface area contributed by atoms with Crippen molar-refractivity contribution in [1.29, 1.82) is 0 Å². The van der Waals surface area contributed by atoms with Crippen LogP contribution in [0.25, 0.3) is 0 Å². The first-order valence-electron chi connectivity index (χ1n) is 30.2. The molecule has 0 aromatic carbocycles. The van der Waals surface area contributed by atoms with Crippen LogP contribution in [-0.2, 0) is 28.6 Å². The molecule has 0 saturated carbocycles. The van der Waals surface area contributed by atoms with Crippen LogP contribution < -0.4 is 0 Å². The molecule has 0 aromatic rings. The van der Waals surface area contributed by atoms with E-state index in [0.717, 1.165) is 141 Å². The third kappa shape index (κ3) is 57.2. The molecule has 0 aromatic heterocycles. The highest BCUT2D eigenvalue weighted by Gasteiger charge is 2.19. The Kier molecular flexibility index (Phi) is 56.8. The van der Waals surface area contributed by atoms with Gasteiger partial charge in [-0.15, -0.1) is 0 Å². The standard InChI is InChI=1S/C66H112O6/c1-4-7-10-13-16-19-22-25-27-29-30-31-32-33-34-35-36-37-39-41-44-47-50-53-56-59-65(68)71-62-63(61-70-64(67)58-55-52-49-46-43-40-24-21-18-15-12-9-6-3)72-66(69)60-57-54-51-48-45-42-38-28-26-23-20-17-14-11-8-5-2/h7,10,12,15-16,19,21,24-25,27,30-31,33-34,36-37,63H,4-6,8-9,11,13-14,17-18,20,22-23,26,28-29,32,35,38-62H2,1-3H3/b10-7-,15-12-,19-16-,24-21-,27-25-,31-30-,34-33-,37-36-. The number of esters is 3. The van der Waals surface area contributed by atoms with Crippen LogP contribution in [0, 0.1) is 0 Å². The summed E-state index contributed by atoms with van der Waals surface area (Å²) in [6, 6.07) is 0. The van der Waals surface area contributed by atoms with Gasteiger partial charge in [0.1, 0.15) is 13.2 Å². The number of rotatable bonds is 54. The quantitative estimate of drug-likeness (QED) is 0.0261. The van der Waals surface area contributed by atoms with Crippen molar-refractivity contribution in [2.45, 2.75) is 290 Å². The van der Waals surface area contributed by atoms with Crippen LogP contribution in [0.5, 0.6) is 0 Å². The Morgan fingerprint density at radius 1 is 0.292 bits per heavy atom. The molecule has 0 N–H and O–H groups in total. The Bertz CT molecular complexity index is 1430. The molecule has 0 rings (SSSR count). The minimum atomic E-state index is -0.789. The number of unbranched alkanes of at least 4 members (excludes halogenated alkanes) is 27. The maximum atomic E-state index is 12.9. The minimum absolute atomic E-state index is 0.0879. The Hall–Kier alpha value is -3.67.